The van der Waals surface area contributed by atoms with E-state index in [9.17, 15) is 0 Å². The third-order valence-corrected chi connectivity index (χ3v) is 1.28. The average molecular weight is 145 g/mol. The molecule has 0 aliphatic rings. The molecule has 0 rings (SSSR count). The second-order valence-electron chi connectivity index (χ2n) is 2.17. The number of hydrogen-bond acceptors (Lipinski definition) is 2. The van der Waals surface area contributed by atoms with Crippen molar-refractivity contribution in [1.82, 2.24) is 0 Å². The molecule has 0 spiro atoms. The van der Waals surface area contributed by atoms with Crippen LogP contribution in [0.3, 0.4) is 0 Å². The molecule has 10 heavy (non-hydrogen) atoms. The highest BCUT2D eigenvalue weighted by atomic mass is 16.5. The molecule has 0 aromatic rings. The van der Waals surface area contributed by atoms with Crippen LogP contribution >= 0.6 is 0 Å². The van der Waals surface area contributed by atoms with E-state index >= 15 is 0 Å². The second-order valence-corrected chi connectivity index (χ2v) is 2.17. The van der Waals surface area contributed by atoms with E-state index in [0.717, 1.165) is 26.1 Å². The van der Waals surface area contributed by atoms with Crippen molar-refractivity contribution >= 4 is 0 Å². The second kappa shape index (κ2) is 8.92. The van der Waals surface area contributed by atoms with Crippen LogP contribution in [0.5, 0.6) is 0 Å². The van der Waals surface area contributed by atoms with Crippen LogP contribution in [0.25, 0.3) is 0 Å². The summed E-state index contributed by atoms with van der Waals surface area (Å²) in [5.74, 6) is 0. The highest BCUT2D eigenvalue weighted by Crippen LogP contribution is 1.95. The van der Waals surface area contributed by atoms with E-state index in [1.54, 1.807) is 7.11 Å². The van der Waals surface area contributed by atoms with E-state index < -0.39 is 0 Å². The van der Waals surface area contributed by atoms with Crippen LogP contribution in [-0.2, 0) is 9.47 Å². The van der Waals surface area contributed by atoms with E-state index in [-0.39, 0.29) is 0 Å². The third kappa shape index (κ3) is 7.92. The van der Waals surface area contributed by atoms with Crippen molar-refractivity contribution in [3.05, 3.63) is 6.92 Å². The molecular formula is C8H17O2. The molecule has 0 bridgehead atoms. The van der Waals surface area contributed by atoms with E-state index in [0.29, 0.717) is 6.61 Å². The number of ether oxygens (including phenoxy) is 2. The number of unbranched alkanes of at least 4 members (excludes halogenated alkanes) is 2. The predicted molar refractivity (Wildman–Crippen MR) is 41.9 cm³/mol. The molecule has 0 N–H and O–H groups in total. The number of rotatable bonds is 7. The first-order valence-electron chi connectivity index (χ1n) is 3.77. The molecule has 0 aromatic heterocycles. The Balaban J connectivity index is 2.65. The lowest BCUT2D eigenvalue weighted by atomic mass is 10.2. The fourth-order valence-electron chi connectivity index (χ4n) is 0.729. The van der Waals surface area contributed by atoms with Gasteiger partial charge in [-0.15, -0.1) is 0 Å². The molecule has 0 aliphatic carbocycles. The van der Waals surface area contributed by atoms with Crippen molar-refractivity contribution < 1.29 is 9.47 Å². The van der Waals surface area contributed by atoms with Gasteiger partial charge in [-0.1, -0.05) is 0 Å². The lowest BCUT2D eigenvalue weighted by Gasteiger charge is -1.99. The summed E-state index contributed by atoms with van der Waals surface area (Å²) < 4.78 is 9.96. The summed E-state index contributed by atoms with van der Waals surface area (Å²) in [6.07, 6.45) is 3.45. The first-order valence-corrected chi connectivity index (χ1v) is 3.77. The normalized spacial score (nSPS) is 10.2. The van der Waals surface area contributed by atoms with Crippen LogP contribution in [-0.4, -0.2) is 26.9 Å². The molecule has 0 amide bonds. The van der Waals surface area contributed by atoms with Gasteiger partial charge in [-0.3, -0.25) is 0 Å². The SMILES string of the molecule is [CH2]COCCCCCOC. The maximum absolute atomic E-state index is 5.06. The fourth-order valence-corrected chi connectivity index (χ4v) is 0.729. The van der Waals surface area contributed by atoms with Crippen LogP contribution < -0.4 is 0 Å². The van der Waals surface area contributed by atoms with Crippen LogP contribution in [0.4, 0.5) is 0 Å². The molecule has 1 radical (unpaired) electrons. The van der Waals surface area contributed by atoms with Gasteiger partial charge in [-0.2, -0.15) is 0 Å². The van der Waals surface area contributed by atoms with Crippen LogP contribution in [0, 0.1) is 6.92 Å². The van der Waals surface area contributed by atoms with Crippen molar-refractivity contribution in [3.63, 3.8) is 0 Å². The molecule has 0 saturated heterocycles. The molecule has 0 saturated carbocycles. The van der Waals surface area contributed by atoms with Gasteiger partial charge in [0.15, 0.2) is 0 Å². The maximum Gasteiger partial charge on any atom is 0.0466 e. The first kappa shape index (κ1) is 9.92. The molecule has 2 heteroatoms. The zero-order chi connectivity index (χ0) is 7.66. The fraction of sp³-hybridized carbons (Fsp3) is 0.875. The zero-order valence-electron chi connectivity index (χ0n) is 6.77. The Morgan fingerprint density at radius 3 is 2.40 bits per heavy atom. The lowest BCUT2D eigenvalue weighted by molar-refractivity contribution is 0.149. The van der Waals surface area contributed by atoms with Gasteiger partial charge in [0.05, 0.1) is 0 Å². The van der Waals surface area contributed by atoms with Crippen molar-refractivity contribution in [3.8, 4) is 0 Å². The molecular weight excluding hydrogens is 128 g/mol. The smallest absolute Gasteiger partial charge is 0.0466 e. The summed E-state index contributed by atoms with van der Waals surface area (Å²) in [6, 6.07) is 0. The van der Waals surface area contributed by atoms with Gasteiger partial charge in [-0.25, -0.2) is 0 Å². The Hall–Kier alpha value is -0.0800. The minimum absolute atomic E-state index is 0.588. The van der Waals surface area contributed by atoms with Crippen LogP contribution in [0.15, 0.2) is 0 Å². The van der Waals surface area contributed by atoms with Gasteiger partial charge < -0.3 is 9.47 Å². The van der Waals surface area contributed by atoms with Gasteiger partial charge in [0, 0.05) is 26.9 Å². The Bertz CT molecular complexity index is 47.2. The Labute approximate surface area is 63.5 Å². The van der Waals surface area contributed by atoms with E-state index in [2.05, 4.69) is 6.92 Å². The van der Waals surface area contributed by atoms with Gasteiger partial charge in [0.2, 0.25) is 0 Å². The molecule has 61 valence electrons. The minimum Gasteiger partial charge on any atom is -0.385 e. The summed E-state index contributed by atoms with van der Waals surface area (Å²) in [5.41, 5.74) is 0. The van der Waals surface area contributed by atoms with E-state index in [1.165, 1.54) is 6.42 Å². The molecule has 0 fully saturated rings. The maximum atomic E-state index is 5.06. The van der Waals surface area contributed by atoms with Gasteiger partial charge >= 0.3 is 0 Å². The Kier molecular flexibility index (Phi) is 8.85. The molecule has 0 heterocycles. The molecule has 2 nitrogen and oxygen atoms in total. The monoisotopic (exact) mass is 145 g/mol. The summed E-state index contributed by atoms with van der Waals surface area (Å²) >= 11 is 0. The lowest BCUT2D eigenvalue weighted by Crippen LogP contribution is -1.95. The standard InChI is InChI=1S/C8H17O2/c1-3-10-8-6-4-5-7-9-2/h1,3-8H2,2H3. The summed E-state index contributed by atoms with van der Waals surface area (Å²) in [4.78, 5) is 0. The predicted octanol–water partition coefficient (Wildman–Crippen LogP) is 1.65. The summed E-state index contributed by atoms with van der Waals surface area (Å²) in [6.45, 7) is 5.87. The topological polar surface area (TPSA) is 18.5 Å². The van der Waals surface area contributed by atoms with Crippen molar-refractivity contribution in [2.75, 3.05) is 26.9 Å². The van der Waals surface area contributed by atoms with Crippen molar-refractivity contribution in [2.24, 2.45) is 0 Å². The third-order valence-electron chi connectivity index (χ3n) is 1.28. The van der Waals surface area contributed by atoms with Gasteiger partial charge in [-0.05, 0) is 26.2 Å². The average Bonchev–Trinajstić information content (AvgIpc) is 1.97. The molecule has 0 aliphatic heterocycles. The molecule has 0 unspecified atom stereocenters. The first-order chi connectivity index (χ1) is 4.91. The highest BCUT2D eigenvalue weighted by Gasteiger charge is 1.87. The van der Waals surface area contributed by atoms with Crippen LogP contribution in [0.1, 0.15) is 19.3 Å². The molecule has 0 atom stereocenters. The largest absolute Gasteiger partial charge is 0.385 e. The summed E-state index contributed by atoms with van der Waals surface area (Å²) in [5, 5.41) is 0. The van der Waals surface area contributed by atoms with E-state index in [1.807, 2.05) is 0 Å². The zero-order valence-corrected chi connectivity index (χ0v) is 6.77. The minimum atomic E-state index is 0.588. The Morgan fingerprint density at radius 1 is 1.10 bits per heavy atom. The number of methoxy groups -OCH3 is 1. The van der Waals surface area contributed by atoms with Gasteiger partial charge in [0.25, 0.3) is 0 Å². The quantitative estimate of drug-likeness (QED) is 0.507. The highest BCUT2D eigenvalue weighted by molar-refractivity contribution is 4.40. The number of hydrogen-bond donors (Lipinski definition) is 0. The Morgan fingerprint density at radius 2 is 1.80 bits per heavy atom. The van der Waals surface area contributed by atoms with Gasteiger partial charge in [0.1, 0.15) is 0 Å². The van der Waals surface area contributed by atoms with E-state index in [4.69, 9.17) is 9.47 Å². The molecule has 0 aromatic carbocycles. The van der Waals surface area contributed by atoms with Crippen molar-refractivity contribution in [2.45, 2.75) is 19.3 Å². The van der Waals surface area contributed by atoms with Crippen LogP contribution in [0.2, 0.25) is 0 Å². The van der Waals surface area contributed by atoms with Crippen molar-refractivity contribution in [1.29, 1.82) is 0 Å². The summed E-state index contributed by atoms with van der Waals surface area (Å²) in [7, 11) is 1.73.